The van der Waals surface area contributed by atoms with E-state index in [0.717, 1.165) is 22.1 Å². The Kier molecular flexibility index (Phi) is 7.89. The molecule has 0 bridgehead atoms. The summed E-state index contributed by atoms with van der Waals surface area (Å²) in [6.07, 6.45) is 1.04. The molecular formula is C28H27ClN4O4. The van der Waals surface area contributed by atoms with E-state index in [-0.39, 0.29) is 18.9 Å². The van der Waals surface area contributed by atoms with Crippen LogP contribution in [-0.2, 0) is 22.6 Å². The molecule has 0 aliphatic carbocycles. The highest BCUT2D eigenvalue weighted by molar-refractivity contribution is 6.33. The Hall–Kier alpha value is -4.17. The Morgan fingerprint density at radius 1 is 0.946 bits per heavy atom. The van der Waals surface area contributed by atoms with Crippen LogP contribution in [0, 0.1) is 6.92 Å². The molecule has 190 valence electrons. The molecular weight excluding hydrogens is 492 g/mol. The largest absolute Gasteiger partial charge is 0.356 e. The molecule has 1 heterocycles. The number of anilines is 1. The Bertz CT molecular complexity index is 1590. The van der Waals surface area contributed by atoms with Gasteiger partial charge in [0.25, 0.3) is 5.56 Å². The van der Waals surface area contributed by atoms with Crippen molar-refractivity contribution >= 4 is 40.0 Å². The summed E-state index contributed by atoms with van der Waals surface area (Å²) in [5, 5.41) is 6.24. The number of carbonyl (C=O) groups is 2. The number of halogens is 1. The molecule has 37 heavy (non-hydrogen) atoms. The van der Waals surface area contributed by atoms with Crippen LogP contribution >= 0.6 is 11.6 Å². The van der Waals surface area contributed by atoms with Gasteiger partial charge in [-0.05, 0) is 60.9 Å². The number of fused-ring (bicyclic) bond motifs is 1. The zero-order chi connectivity index (χ0) is 26.5. The normalized spacial score (nSPS) is 10.9. The van der Waals surface area contributed by atoms with Crippen molar-refractivity contribution in [3.8, 4) is 5.69 Å². The molecule has 0 fully saturated rings. The van der Waals surface area contributed by atoms with Crippen LogP contribution < -0.4 is 21.9 Å². The number of aromatic nitrogens is 2. The summed E-state index contributed by atoms with van der Waals surface area (Å²) in [6, 6.07) is 18.6. The lowest BCUT2D eigenvalue weighted by molar-refractivity contribution is -0.120. The summed E-state index contributed by atoms with van der Waals surface area (Å²) < 4.78 is 2.30. The van der Waals surface area contributed by atoms with E-state index in [1.54, 1.807) is 60.7 Å². The minimum atomic E-state index is -0.651. The number of rotatable bonds is 8. The summed E-state index contributed by atoms with van der Waals surface area (Å²) in [5.74, 6) is -0.559. The van der Waals surface area contributed by atoms with Crippen molar-refractivity contribution < 1.29 is 9.59 Å². The van der Waals surface area contributed by atoms with Crippen molar-refractivity contribution in [2.24, 2.45) is 0 Å². The molecule has 0 unspecified atom stereocenters. The van der Waals surface area contributed by atoms with E-state index >= 15 is 0 Å². The van der Waals surface area contributed by atoms with Gasteiger partial charge in [0.1, 0.15) is 6.54 Å². The molecule has 0 saturated heterocycles. The molecule has 8 nitrogen and oxygen atoms in total. The first kappa shape index (κ1) is 25.9. The number of carbonyl (C=O) groups excluding carboxylic acids is 2. The van der Waals surface area contributed by atoms with E-state index in [9.17, 15) is 19.2 Å². The molecule has 2 N–H and O–H groups in total. The summed E-state index contributed by atoms with van der Waals surface area (Å²) >= 11 is 6.24. The highest BCUT2D eigenvalue weighted by atomic mass is 35.5. The number of hydrogen-bond acceptors (Lipinski definition) is 4. The number of para-hydroxylation sites is 1. The monoisotopic (exact) mass is 518 g/mol. The zero-order valence-electron chi connectivity index (χ0n) is 20.6. The van der Waals surface area contributed by atoms with Crippen LogP contribution in [0.15, 0.2) is 76.3 Å². The van der Waals surface area contributed by atoms with Crippen LogP contribution in [0.5, 0.6) is 0 Å². The van der Waals surface area contributed by atoms with Crippen LogP contribution in [0.2, 0.25) is 5.02 Å². The topological polar surface area (TPSA) is 102 Å². The number of nitrogens with zero attached hydrogens (tertiary/aromatic N) is 2. The van der Waals surface area contributed by atoms with Crippen LogP contribution in [0.1, 0.15) is 24.5 Å². The van der Waals surface area contributed by atoms with Gasteiger partial charge < -0.3 is 10.6 Å². The quantitative estimate of drug-likeness (QED) is 0.370. The first-order valence-electron chi connectivity index (χ1n) is 11.9. The number of hydrogen-bond donors (Lipinski definition) is 2. The minimum absolute atomic E-state index is 0.0977. The van der Waals surface area contributed by atoms with Gasteiger partial charge in [-0.15, -0.1) is 0 Å². The SMILES string of the molecule is CCCNC(=O)Cc1ccc(-n2c(=O)c3ccccc3n(CC(=O)Nc3ccc(C)cc3Cl)c2=O)cc1. The van der Waals surface area contributed by atoms with Gasteiger partial charge in [-0.1, -0.05) is 48.9 Å². The summed E-state index contributed by atoms with van der Waals surface area (Å²) in [5.41, 5.74) is 1.68. The van der Waals surface area contributed by atoms with Gasteiger partial charge >= 0.3 is 5.69 Å². The Labute approximate surface area is 218 Å². The number of nitrogens with one attached hydrogen (secondary N) is 2. The molecule has 4 rings (SSSR count). The predicted octanol–water partition coefficient (Wildman–Crippen LogP) is 3.82. The molecule has 0 spiro atoms. The van der Waals surface area contributed by atoms with Gasteiger partial charge in [-0.25, -0.2) is 9.36 Å². The van der Waals surface area contributed by atoms with Crippen molar-refractivity contribution in [2.75, 3.05) is 11.9 Å². The number of amides is 2. The smallest absolute Gasteiger partial charge is 0.336 e. The fraction of sp³-hybridized carbons (Fsp3) is 0.214. The van der Waals surface area contributed by atoms with Crippen molar-refractivity contribution in [3.63, 3.8) is 0 Å². The average Bonchev–Trinajstić information content (AvgIpc) is 2.88. The maximum absolute atomic E-state index is 13.5. The van der Waals surface area contributed by atoms with Crippen molar-refractivity contribution in [1.29, 1.82) is 0 Å². The molecule has 2 amide bonds. The predicted molar refractivity (Wildman–Crippen MR) is 146 cm³/mol. The van der Waals surface area contributed by atoms with Crippen molar-refractivity contribution in [2.45, 2.75) is 33.2 Å². The van der Waals surface area contributed by atoms with Crippen molar-refractivity contribution in [1.82, 2.24) is 14.5 Å². The van der Waals surface area contributed by atoms with Gasteiger partial charge in [0, 0.05) is 6.54 Å². The van der Waals surface area contributed by atoms with Crippen LogP contribution in [0.4, 0.5) is 5.69 Å². The highest BCUT2D eigenvalue weighted by Crippen LogP contribution is 2.22. The van der Waals surface area contributed by atoms with Crippen LogP contribution in [0.25, 0.3) is 16.6 Å². The first-order chi connectivity index (χ1) is 17.8. The highest BCUT2D eigenvalue weighted by Gasteiger charge is 2.17. The number of benzene rings is 3. The standard InChI is InChI=1S/C28H27ClN4O4/c1-3-14-30-25(34)16-19-9-11-20(12-10-19)33-27(36)21-6-4-5-7-24(21)32(28(33)37)17-26(35)31-23-13-8-18(2)15-22(23)29/h4-13,15H,3,14,16-17H2,1-2H3,(H,30,34)(H,31,35). The van der Waals surface area contributed by atoms with E-state index in [1.165, 1.54) is 4.57 Å². The van der Waals surface area contributed by atoms with Crippen molar-refractivity contribution in [3.05, 3.63) is 104 Å². The molecule has 0 atom stereocenters. The third kappa shape index (κ3) is 5.81. The Morgan fingerprint density at radius 3 is 2.38 bits per heavy atom. The third-order valence-electron chi connectivity index (χ3n) is 5.88. The lowest BCUT2D eigenvalue weighted by Crippen LogP contribution is -2.40. The van der Waals surface area contributed by atoms with E-state index in [0.29, 0.717) is 33.8 Å². The average molecular weight is 519 g/mol. The Balaban J connectivity index is 1.69. The van der Waals surface area contributed by atoms with Gasteiger partial charge in [-0.3, -0.25) is 19.0 Å². The van der Waals surface area contributed by atoms with Gasteiger partial charge in [-0.2, -0.15) is 0 Å². The molecule has 0 aliphatic heterocycles. The molecule has 4 aromatic rings. The second-order valence-electron chi connectivity index (χ2n) is 8.75. The molecule has 3 aromatic carbocycles. The summed E-state index contributed by atoms with van der Waals surface area (Å²) in [4.78, 5) is 51.8. The van der Waals surface area contributed by atoms with Gasteiger partial charge in [0.15, 0.2) is 0 Å². The van der Waals surface area contributed by atoms with Gasteiger partial charge in [0.05, 0.1) is 33.7 Å². The van der Waals surface area contributed by atoms with Gasteiger partial charge in [0.2, 0.25) is 11.8 Å². The van der Waals surface area contributed by atoms with E-state index in [4.69, 9.17) is 11.6 Å². The minimum Gasteiger partial charge on any atom is -0.356 e. The molecule has 0 saturated carbocycles. The fourth-order valence-electron chi connectivity index (χ4n) is 4.03. The lowest BCUT2D eigenvalue weighted by atomic mass is 10.1. The molecule has 0 aliphatic rings. The summed E-state index contributed by atoms with van der Waals surface area (Å²) in [7, 11) is 0. The second-order valence-corrected chi connectivity index (χ2v) is 9.16. The molecule has 9 heteroatoms. The fourth-order valence-corrected chi connectivity index (χ4v) is 4.31. The second kappa shape index (κ2) is 11.3. The summed E-state index contributed by atoms with van der Waals surface area (Å²) in [6.45, 7) is 4.15. The third-order valence-corrected chi connectivity index (χ3v) is 6.20. The first-order valence-corrected chi connectivity index (χ1v) is 12.3. The van der Waals surface area contributed by atoms with Crippen LogP contribution in [0.3, 0.4) is 0 Å². The van der Waals surface area contributed by atoms with E-state index in [2.05, 4.69) is 10.6 Å². The van der Waals surface area contributed by atoms with E-state index in [1.807, 2.05) is 19.9 Å². The maximum atomic E-state index is 13.5. The number of aryl methyl sites for hydroxylation is 1. The molecule has 0 radical (unpaired) electrons. The molecule has 1 aromatic heterocycles. The maximum Gasteiger partial charge on any atom is 0.336 e. The Morgan fingerprint density at radius 2 is 1.68 bits per heavy atom. The van der Waals surface area contributed by atoms with E-state index < -0.39 is 17.2 Å². The van der Waals surface area contributed by atoms with Crippen LogP contribution in [-0.4, -0.2) is 27.5 Å². The lowest BCUT2D eigenvalue weighted by Gasteiger charge is -2.15. The zero-order valence-corrected chi connectivity index (χ0v) is 21.3.